The van der Waals surface area contributed by atoms with Gasteiger partial charge in [0, 0.05) is 13.1 Å². The molecule has 2 aliphatic rings. The number of piperidine rings is 1. The number of nitrogens with zero attached hydrogens (tertiary/aromatic N) is 2. The van der Waals surface area contributed by atoms with Gasteiger partial charge in [0.1, 0.15) is 0 Å². The molecule has 2 aliphatic heterocycles. The first-order valence-electron chi connectivity index (χ1n) is 6.82. The van der Waals surface area contributed by atoms with E-state index in [1.807, 2.05) is 4.90 Å². The molecular formula is C13H22N2O4. The molecule has 0 saturated carbocycles. The molecule has 19 heavy (non-hydrogen) atoms. The minimum Gasteiger partial charge on any atom is -0.481 e. The van der Waals surface area contributed by atoms with Crippen LogP contribution >= 0.6 is 0 Å². The molecule has 2 fully saturated rings. The average Bonchev–Trinajstić information content (AvgIpc) is 2.42. The molecule has 6 heteroatoms. The Balaban J connectivity index is 1.79. The van der Waals surface area contributed by atoms with Crippen LogP contribution in [-0.4, -0.2) is 72.7 Å². The van der Waals surface area contributed by atoms with Crippen molar-refractivity contribution >= 4 is 11.9 Å². The summed E-state index contributed by atoms with van der Waals surface area (Å²) < 4.78 is 5.22. The lowest BCUT2D eigenvalue weighted by atomic mass is 9.80. The Hall–Kier alpha value is -1.14. The fourth-order valence-electron chi connectivity index (χ4n) is 2.52. The number of aliphatic carboxylic acids is 1. The summed E-state index contributed by atoms with van der Waals surface area (Å²) in [6.07, 6.45) is 1.22. The lowest BCUT2D eigenvalue weighted by Crippen LogP contribution is -2.49. The van der Waals surface area contributed by atoms with E-state index in [1.165, 1.54) is 0 Å². The molecule has 2 heterocycles. The van der Waals surface area contributed by atoms with Crippen molar-refractivity contribution in [2.75, 3.05) is 45.9 Å². The normalized spacial score (nSPS) is 24.2. The van der Waals surface area contributed by atoms with Gasteiger partial charge in [0.15, 0.2) is 0 Å². The fraction of sp³-hybridized carbons (Fsp3) is 0.846. The van der Waals surface area contributed by atoms with Crippen LogP contribution in [-0.2, 0) is 14.3 Å². The van der Waals surface area contributed by atoms with Crippen molar-refractivity contribution in [2.45, 2.75) is 19.8 Å². The number of hydrogen-bond donors (Lipinski definition) is 1. The van der Waals surface area contributed by atoms with Gasteiger partial charge >= 0.3 is 5.97 Å². The van der Waals surface area contributed by atoms with Gasteiger partial charge in [0.05, 0.1) is 25.2 Å². The molecule has 6 nitrogen and oxygen atoms in total. The Bertz CT molecular complexity index is 345. The van der Waals surface area contributed by atoms with E-state index in [2.05, 4.69) is 4.90 Å². The van der Waals surface area contributed by atoms with Gasteiger partial charge in [-0.2, -0.15) is 0 Å². The molecule has 0 aliphatic carbocycles. The Morgan fingerprint density at radius 1 is 1.16 bits per heavy atom. The molecular weight excluding hydrogens is 248 g/mol. The summed E-state index contributed by atoms with van der Waals surface area (Å²) in [5.41, 5.74) is -0.626. The number of hydrogen-bond acceptors (Lipinski definition) is 4. The Morgan fingerprint density at radius 2 is 1.74 bits per heavy atom. The van der Waals surface area contributed by atoms with Gasteiger partial charge in [-0.1, -0.05) is 0 Å². The summed E-state index contributed by atoms with van der Waals surface area (Å²) in [5, 5.41) is 9.16. The number of rotatable bonds is 3. The molecule has 0 bridgehead atoms. The van der Waals surface area contributed by atoms with Crippen molar-refractivity contribution in [1.29, 1.82) is 0 Å². The van der Waals surface area contributed by atoms with E-state index in [0.717, 1.165) is 0 Å². The summed E-state index contributed by atoms with van der Waals surface area (Å²) in [7, 11) is 0. The van der Waals surface area contributed by atoms with Crippen molar-refractivity contribution in [3.05, 3.63) is 0 Å². The zero-order valence-corrected chi connectivity index (χ0v) is 11.4. The molecule has 1 amide bonds. The molecule has 0 atom stereocenters. The van der Waals surface area contributed by atoms with Gasteiger partial charge in [0.2, 0.25) is 5.91 Å². The number of carbonyl (C=O) groups excluding carboxylic acids is 1. The average molecular weight is 270 g/mol. The van der Waals surface area contributed by atoms with Crippen LogP contribution in [0.2, 0.25) is 0 Å². The van der Waals surface area contributed by atoms with Gasteiger partial charge in [-0.25, -0.2) is 0 Å². The van der Waals surface area contributed by atoms with Crippen LogP contribution in [0.15, 0.2) is 0 Å². The lowest BCUT2D eigenvalue weighted by molar-refractivity contribution is -0.151. The quantitative estimate of drug-likeness (QED) is 0.783. The molecule has 108 valence electrons. The molecule has 2 rings (SSSR count). The van der Waals surface area contributed by atoms with E-state index in [0.29, 0.717) is 58.8 Å². The van der Waals surface area contributed by atoms with Crippen molar-refractivity contribution < 1.29 is 19.4 Å². The smallest absolute Gasteiger partial charge is 0.309 e. The maximum absolute atomic E-state index is 12.1. The molecule has 0 radical (unpaired) electrons. The Labute approximate surface area is 113 Å². The molecule has 1 N–H and O–H groups in total. The van der Waals surface area contributed by atoms with Crippen LogP contribution in [0.1, 0.15) is 19.8 Å². The number of carbonyl (C=O) groups is 2. The molecule has 0 aromatic rings. The van der Waals surface area contributed by atoms with Crippen LogP contribution in [0.25, 0.3) is 0 Å². The third kappa shape index (κ3) is 3.45. The van der Waals surface area contributed by atoms with E-state index in [-0.39, 0.29) is 5.91 Å². The second kappa shape index (κ2) is 5.88. The third-order valence-electron chi connectivity index (χ3n) is 4.20. The zero-order valence-electron chi connectivity index (χ0n) is 11.4. The summed E-state index contributed by atoms with van der Waals surface area (Å²) in [6.45, 7) is 6.11. The van der Waals surface area contributed by atoms with Gasteiger partial charge in [-0.3, -0.25) is 14.5 Å². The molecule has 0 aromatic heterocycles. The van der Waals surface area contributed by atoms with Gasteiger partial charge in [-0.05, 0) is 32.9 Å². The van der Waals surface area contributed by atoms with E-state index < -0.39 is 11.4 Å². The lowest BCUT2D eigenvalue weighted by Gasteiger charge is -2.37. The standard InChI is InChI=1S/C13H22N2O4/c1-13(12(17)18)2-4-14(5-3-13)10-11(16)15-6-8-19-9-7-15/h2-10H2,1H3,(H,17,18). The number of morpholine rings is 1. The van der Waals surface area contributed by atoms with Crippen LogP contribution in [0, 0.1) is 5.41 Å². The topological polar surface area (TPSA) is 70.1 Å². The van der Waals surface area contributed by atoms with E-state index in [1.54, 1.807) is 6.92 Å². The number of likely N-dealkylation sites (tertiary alicyclic amines) is 1. The predicted octanol–water partition coefficient (Wildman–Crippen LogP) is 0.0319. The maximum Gasteiger partial charge on any atom is 0.309 e. The highest BCUT2D eigenvalue weighted by Gasteiger charge is 2.37. The minimum absolute atomic E-state index is 0.127. The second-order valence-electron chi connectivity index (χ2n) is 5.64. The minimum atomic E-state index is -0.730. The zero-order chi connectivity index (χ0) is 13.9. The first-order valence-corrected chi connectivity index (χ1v) is 6.82. The number of carboxylic acids is 1. The van der Waals surface area contributed by atoms with Gasteiger partial charge in [-0.15, -0.1) is 0 Å². The Kier molecular flexibility index (Phi) is 4.42. The number of amides is 1. The number of carboxylic acid groups (broad SMARTS) is 1. The third-order valence-corrected chi connectivity index (χ3v) is 4.20. The summed E-state index contributed by atoms with van der Waals surface area (Å²) >= 11 is 0. The van der Waals surface area contributed by atoms with Crippen LogP contribution in [0.4, 0.5) is 0 Å². The molecule has 0 aromatic carbocycles. The highest BCUT2D eigenvalue weighted by molar-refractivity contribution is 5.78. The summed E-state index contributed by atoms with van der Waals surface area (Å²) in [4.78, 5) is 27.1. The van der Waals surface area contributed by atoms with Gasteiger partial charge in [0.25, 0.3) is 0 Å². The Morgan fingerprint density at radius 3 is 2.26 bits per heavy atom. The predicted molar refractivity (Wildman–Crippen MR) is 68.8 cm³/mol. The van der Waals surface area contributed by atoms with E-state index >= 15 is 0 Å². The van der Waals surface area contributed by atoms with Crippen LogP contribution in [0.5, 0.6) is 0 Å². The number of ether oxygens (including phenoxy) is 1. The van der Waals surface area contributed by atoms with Crippen molar-refractivity contribution in [1.82, 2.24) is 9.80 Å². The highest BCUT2D eigenvalue weighted by atomic mass is 16.5. The van der Waals surface area contributed by atoms with E-state index in [9.17, 15) is 9.59 Å². The molecule has 2 saturated heterocycles. The molecule has 0 spiro atoms. The largest absolute Gasteiger partial charge is 0.481 e. The van der Waals surface area contributed by atoms with Gasteiger partial charge < -0.3 is 14.7 Å². The first-order chi connectivity index (χ1) is 9.01. The van der Waals surface area contributed by atoms with E-state index in [4.69, 9.17) is 9.84 Å². The highest BCUT2D eigenvalue weighted by Crippen LogP contribution is 2.30. The second-order valence-corrected chi connectivity index (χ2v) is 5.64. The fourth-order valence-corrected chi connectivity index (χ4v) is 2.52. The summed E-state index contributed by atoms with van der Waals surface area (Å²) in [5.74, 6) is -0.603. The van der Waals surface area contributed by atoms with Crippen LogP contribution < -0.4 is 0 Å². The van der Waals surface area contributed by atoms with Crippen molar-refractivity contribution in [3.8, 4) is 0 Å². The van der Waals surface area contributed by atoms with Crippen molar-refractivity contribution in [2.24, 2.45) is 5.41 Å². The SMILES string of the molecule is CC1(C(=O)O)CCN(CC(=O)N2CCOCC2)CC1. The monoisotopic (exact) mass is 270 g/mol. The van der Waals surface area contributed by atoms with Crippen molar-refractivity contribution in [3.63, 3.8) is 0 Å². The first kappa shape index (κ1) is 14.3. The maximum atomic E-state index is 12.1. The van der Waals surface area contributed by atoms with Crippen LogP contribution in [0.3, 0.4) is 0 Å². The molecule has 0 unspecified atom stereocenters. The summed E-state index contributed by atoms with van der Waals surface area (Å²) in [6, 6.07) is 0.